The second-order valence-electron chi connectivity index (χ2n) is 4.81. The van der Waals surface area contributed by atoms with Crippen molar-refractivity contribution in [2.75, 3.05) is 18.5 Å². The molecule has 0 atom stereocenters. The highest BCUT2D eigenvalue weighted by Gasteiger charge is 2.17. The van der Waals surface area contributed by atoms with E-state index in [1.54, 1.807) is 6.33 Å². The largest absolute Gasteiger partial charge is 0.491 e. The number of anilines is 1. The van der Waals surface area contributed by atoms with Crippen LogP contribution < -0.4 is 10.1 Å². The molecule has 3 heterocycles. The number of hydrogen-bond donors (Lipinski definition) is 1. The van der Waals surface area contributed by atoms with Gasteiger partial charge in [-0.15, -0.1) is 0 Å². The molecule has 0 radical (unpaired) electrons. The molecule has 0 aromatic carbocycles. The molecule has 2 aromatic heterocycles. The van der Waals surface area contributed by atoms with Gasteiger partial charge in [0.2, 0.25) is 0 Å². The topological polar surface area (TPSA) is 52.0 Å². The fourth-order valence-corrected chi connectivity index (χ4v) is 2.29. The van der Waals surface area contributed by atoms with E-state index >= 15 is 0 Å². The molecule has 2 aromatic rings. The number of aryl methyl sites for hydroxylation is 1. The first-order chi connectivity index (χ1) is 9.76. The Morgan fingerprint density at radius 2 is 2.35 bits per heavy atom. The molecule has 104 valence electrons. The molecule has 0 saturated carbocycles. The minimum Gasteiger partial charge on any atom is -0.491 e. The Morgan fingerprint density at radius 1 is 1.45 bits per heavy atom. The van der Waals surface area contributed by atoms with Crippen molar-refractivity contribution in [3.8, 4) is 5.75 Å². The number of pyridine rings is 1. The molecule has 1 aliphatic rings. The van der Waals surface area contributed by atoms with E-state index < -0.39 is 0 Å². The summed E-state index contributed by atoms with van der Waals surface area (Å²) in [6.45, 7) is 3.60. The van der Waals surface area contributed by atoms with Crippen molar-refractivity contribution in [3.63, 3.8) is 0 Å². The third-order valence-corrected chi connectivity index (χ3v) is 3.20. The monoisotopic (exact) mass is 270 g/mol. The first kappa shape index (κ1) is 12.7. The molecule has 0 bridgehead atoms. The maximum atomic E-state index is 5.67. The summed E-state index contributed by atoms with van der Waals surface area (Å²) in [5.74, 6) is 1.73. The van der Waals surface area contributed by atoms with Crippen molar-refractivity contribution >= 4 is 17.5 Å². The molecule has 20 heavy (non-hydrogen) atoms. The van der Waals surface area contributed by atoms with Gasteiger partial charge in [0, 0.05) is 26.2 Å². The zero-order valence-corrected chi connectivity index (χ0v) is 11.8. The van der Waals surface area contributed by atoms with E-state index in [-0.39, 0.29) is 0 Å². The van der Waals surface area contributed by atoms with Crippen molar-refractivity contribution in [3.05, 3.63) is 36.0 Å². The Kier molecular flexibility index (Phi) is 3.41. The van der Waals surface area contributed by atoms with Crippen LogP contribution in [0.15, 0.2) is 24.7 Å². The number of nitrogens with one attached hydrogen (secondary N) is 1. The van der Waals surface area contributed by atoms with Crippen molar-refractivity contribution in [1.29, 1.82) is 0 Å². The third kappa shape index (κ3) is 2.52. The Bertz CT molecular complexity index is 645. The number of nitrogens with zero attached hydrogens (tertiary/aromatic N) is 3. The summed E-state index contributed by atoms with van der Waals surface area (Å²) in [7, 11) is 1.97. The second-order valence-corrected chi connectivity index (χ2v) is 4.81. The van der Waals surface area contributed by atoms with Crippen LogP contribution in [-0.4, -0.2) is 27.7 Å². The lowest BCUT2D eigenvalue weighted by atomic mass is 10.0. The lowest BCUT2D eigenvalue weighted by Crippen LogP contribution is -2.11. The third-order valence-electron chi connectivity index (χ3n) is 3.20. The number of fused-ring (bicyclic) bond motifs is 1. The minimum atomic E-state index is 0.688. The van der Waals surface area contributed by atoms with Crippen LogP contribution in [0.3, 0.4) is 0 Å². The van der Waals surface area contributed by atoms with Crippen LogP contribution in [0.5, 0.6) is 5.75 Å². The van der Waals surface area contributed by atoms with Gasteiger partial charge >= 0.3 is 0 Å². The van der Waals surface area contributed by atoms with Crippen LogP contribution in [0.25, 0.3) is 11.6 Å². The number of aromatic nitrogens is 3. The summed E-state index contributed by atoms with van der Waals surface area (Å²) < 4.78 is 7.61. The van der Waals surface area contributed by atoms with Crippen molar-refractivity contribution in [1.82, 2.24) is 14.5 Å². The number of imidazole rings is 1. The smallest absolute Gasteiger partial charge is 0.145 e. The second kappa shape index (κ2) is 5.36. The summed E-state index contributed by atoms with van der Waals surface area (Å²) in [5, 5.41) is 3.23. The van der Waals surface area contributed by atoms with Crippen LogP contribution in [0.4, 0.5) is 5.82 Å². The SMILES string of the molecule is CCNc1ccc2c(n1)/C(=C/c1cn(C)cn1)CCO2. The van der Waals surface area contributed by atoms with Gasteiger partial charge < -0.3 is 14.6 Å². The molecule has 0 unspecified atom stereocenters. The normalized spacial score (nSPS) is 15.8. The molecule has 0 saturated heterocycles. The van der Waals surface area contributed by atoms with Gasteiger partial charge in [-0.1, -0.05) is 0 Å². The van der Waals surface area contributed by atoms with Gasteiger partial charge in [-0.05, 0) is 30.7 Å². The minimum absolute atomic E-state index is 0.688. The van der Waals surface area contributed by atoms with Gasteiger partial charge in [0.25, 0.3) is 0 Å². The molecule has 5 nitrogen and oxygen atoms in total. The average Bonchev–Trinajstić information content (AvgIpc) is 2.85. The Hall–Kier alpha value is -2.30. The predicted octanol–water partition coefficient (Wildman–Crippen LogP) is 2.57. The molecule has 5 heteroatoms. The zero-order valence-electron chi connectivity index (χ0n) is 11.8. The highest BCUT2D eigenvalue weighted by Crippen LogP contribution is 2.33. The van der Waals surface area contributed by atoms with Crippen molar-refractivity contribution in [2.24, 2.45) is 7.05 Å². The van der Waals surface area contributed by atoms with Gasteiger partial charge in [-0.3, -0.25) is 0 Å². The van der Waals surface area contributed by atoms with E-state index in [2.05, 4.69) is 28.3 Å². The van der Waals surface area contributed by atoms with Gasteiger partial charge in [0.15, 0.2) is 0 Å². The van der Waals surface area contributed by atoms with Gasteiger partial charge in [-0.2, -0.15) is 0 Å². The molecule has 0 aliphatic carbocycles. The van der Waals surface area contributed by atoms with Gasteiger partial charge in [-0.25, -0.2) is 9.97 Å². The van der Waals surface area contributed by atoms with E-state index in [0.717, 1.165) is 35.9 Å². The van der Waals surface area contributed by atoms with Crippen LogP contribution >= 0.6 is 0 Å². The molecule has 0 spiro atoms. The summed E-state index contributed by atoms with van der Waals surface area (Å²) >= 11 is 0. The van der Waals surface area contributed by atoms with E-state index in [0.29, 0.717) is 6.61 Å². The van der Waals surface area contributed by atoms with E-state index in [9.17, 15) is 0 Å². The van der Waals surface area contributed by atoms with Gasteiger partial charge in [0.05, 0.1) is 18.6 Å². The fraction of sp³-hybridized carbons (Fsp3) is 0.333. The van der Waals surface area contributed by atoms with E-state index in [1.807, 2.05) is 29.9 Å². The fourth-order valence-electron chi connectivity index (χ4n) is 2.29. The quantitative estimate of drug-likeness (QED) is 0.931. The maximum Gasteiger partial charge on any atom is 0.145 e. The standard InChI is InChI=1S/C15H18N4O/c1-3-16-14-5-4-13-15(18-14)11(6-7-20-13)8-12-9-19(2)10-17-12/h4-5,8-10H,3,6-7H2,1-2H3,(H,16,18)/b11-8+. The molecule has 1 aliphatic heterocycles. The Morgan fingerprint density at radius 3 is 3.10 bits per heavy atom. The van der Waals surface area contributed by atoms with Crippen LogP contribution in [0, 0.1) is 0 Å². The van der Waals surface area contributed by atoms with Crippen LogP contribution in [-0.2, 0) is 7.05 Å². The summed E-state index contributed by atoms with van der Waals surface area (Å²) in [6, 6.07) is 3.93. The first-order valence-electron chi connectivity index (χ1n) is 6.83. The van der Waals surface area contributed by atoms with Crippen LogP contribution in [0.2, 0.25) is 0 Å². The molecule has 0 amide bonds. The molecular weight excluding hydrogens is 252 g/mol. The lowest BCUT2D eigenvalue weighted by molar-refractivity contribution is 0.314. The molecule has 1 N–H and O–H groups in total. The number of rotatable bonds is 3. The summed E-state index contributed by atoms with van der Waals surface area (Å²) in [4.78, 5) is 8.99. The highest BCUT2D eigenvalue weighted by atomic mass is 16.5. The van der Waals surface area contributed by atoms with Gasteiger partial charge in [0.1, 0.15) is 17.3 Å². The Labute approximate surface area is 118 Å². The van der Waals surface area contributed by atoms with Crippen molar-refractivity contribution in [2.45, 2.75) is 13.3 Å². The van der Waals surface area contributed by atoms with Crippen molar-refractivity contribution < 1.29 is 4.74 Å². The van der Waals surface area contributed by atoms with E-state index in [4.69, 9.17) is 4.74 Å². The number of ether oxygens (including phenoxy) is 1. The molecular formula is C15H18N4O. The molecule has 3 rings (SSSR count). The average molecular weight is 270 g/mol. The van der Waals surface area contributed by atoms with Crippen LogP contribution in [0.1, 0.15) is 24.7 Å². The summed E-state index contributed by atoms with van der Waals surface area (Å²) in [5.41, 5.74) is 3.04. The number of hydrogen-bond acceptors (Lipinski definition) is 4. The predicted molar refractivity (Wildman–Crippen MR) is 79.6 cm³/mol. The summed E-state index contributed by atoms with van der Waals surface area (Å²) in [6.07, 6.45) is 6.74. The lowest BCUT2D eigenvalue weighted by Gasteiger charge is -2.19. The first-order valence-corrected chi connectivity index (χ1v) is 6.83. The molecule has 0 fully saturated rings. The maximum absolute atomic E-state index is 5.67. The highest BCUT2D eigenvalue weighted by molar-refractivity contribution is 5.82. The zero-order chi connectivity index (χ0) is 13.9. The Balaban J connectivity index is 1.99. The van der Waals surface area contributed by atoms with E-state index in [1.165, 1.54) is 5.57 Å².